The van der Waals surface area contributed by atoms with Gasteiger partial charge in [0.05, 0.1) is 0 Å². The van der Waals surface area contributed by atoms with E-state index in [9.17, 15) is 9.59 Å². The lowest BCUT2D eigenvalue weighted by Gasteiger charge is -2.25. The Balaban J connectivity index is 2.61. The molecule has 1 fully saturated rings. The number of carbonyl (C=O) groups excluding carboxylic acids is 2. The summed E-state index contributed by atoms with van der Waals surface area (Å²) >= 11 is 0. The second-order valence-electron chi connectivity index (χ2n) is 3.72. The number of amides is 2. The maximum absolute atomic E-state index is 11.4. The topological polar surface area (TPSA) is 58.2 Å². The van der Waals surface area contributed by atoms with Gasteiger partial charge in [0, 0.05) is 43.9 Å². The highest BCUT2D eigenvalue weighted by Gasteiger charge is 2.38. The molecule has 0 aromatic carbocycles. The van der Waals surface area contributed by atoms with Crippen molar-refractivity contribution in [1.29, 1.82) is 0 Å². The van der Waals surface area contributed by atoms with Gasteiger partial charge in [-0.1, -0.05) is 21.6 Å². The van der Waals surface area contributed by atoms with Gasteiger partial charge >= 0.3 is 0 Å². The van der Waals surface area contributed by atoms with E-state index < -0.39 is 0 Å². The fourth-order valence-corrected chi connectivity index (χ4v) is 4.91. The Morgan fingerprint density at radius 3 is 1.80 bits per heavy atom. The Morgan fingerprint density at radius 1 is 1.07 bits per heavy atom. The van der Waals surface area contributed by atoms with Crippen LogP contribution >= 0.6 is 21.6 Å². The standard InChI is InChI=1S/C9H16N2O2S2/c1-10-7(12)3-9(4-8(13)11-2)5-14-15-6-9/h3-6H2,1-2H3,(H,10,12)(H,11,13). The van der Waals surface area contributed by atoms with E-state index in [1.165, 1.54) is 0 Å². The lowest BCUT2D eigenvalue weighted by molar-refractivity contribution is -0.125. The van der Waals surface area contributed by atoms with Crippen LogP contribution in [0.2, 0.25) is 0 Å². The molecule has 1 saturated heterocycles. The van der Waals surface area contributed by atoms with Gasteiger partial charge in [-0.15, -0.1) is 0 Å². The number of nitrogens with one attached hydrogen (secondary N) is 2. The third kappa shape index (κ3) is 3.61. The minimum absolute atomic E-state index is 0.0157. The van der Waals surface area contributed by atoms with E-state index >= 15 is 0 Å². The quantitative estimate of drug-likeness (QED) is 0.717. The summed E-state index contributed by atoms with van der Waals surface area (Å²) in [5.41, 5.74) is -0.157. The smallest absolute Gasteiger partial charge is 0.220 e. The molecule has 0 saturated carbocycles. The number of rotatable bonds is 4. The number of hydrogen-bond donors (Lipinski definition) is 2. The zero-order chi connectivity index (χ0) is 11.3. The van der Waals surface area contributed by atoms with Crippen LogP contribution in [0, 0.1) is 5.41 Å². The van der Waals surface area contributed by atoms with Crippen molar-refractivity contribution < 1.29 is 9.59 Å². The molecule has 0 aliphatic carbocycles. The first-order valence-electron chi connectivity index (χ1n) is 4.77. The summed E-state index contributed by atoms with van der Waals surface area (Å²) in [6.45, 7) is 0. The van der Waals surface area contributed by atoms with Crippen LogP contribution in [0.1, 0.15) is 12.8 Å². The number of hydrogen-bond acceptors (Lipinski definition) is 4. The molecule has 1 aliphatic heterocycles. The highest BCUT2D eigenvalue weighted by Crippen LogP contribution is 2.47. The average Bonchev–Trinajstić information content (AvgIpc) is 2.66. The van der Waals surface area contributed by atoms with Gasteiger partial charge < -0.3 is 10.6 Å². The lowest BCUT2D eigenvalue weighted by Crippen LogP contribution is -2.36. The van der Waals surface area contributed by atoms with Crippen molar-refractivity contribution in [2.45, 2.75) is 12.8 Å². The molecule has 2 N–H and O–H groups in total. The molecule has 0 bridgehead atoms. The zero-order valence-electron chi connectivity index (χ0n) is 8.96. The van der Waals surface area contributed by atoms with Gasteiger partial charge in [-0.3, -0.25) is 9.59 Å². The van der Waals surface area contributed by atoms with Gasteiger partial charge in [0.25, 0.3) is 0 Å². The SMILES string of the molecule is CNC(=O)CC1(CC(=O)NC)CSSC1. The van der Waals surface area contributed by atoms with E-state index in [1.54, 1.807) is 35.7 Å². The summed E-state index contributed by atoms with van der Waals surface area (Å²) in [6, 6.07) is 0. The average molecular weight is 248 g/mol. The predicted octanol–water partition coefficient (Wildman–Crippen LogP) is 0.640. The van der Waals surface area contributed by atoms with Crippen molar-refractivity contribution in [3.8, 4) is 0 Å². The maximum atomic E-state index is 11.4. The van der Waals surface area contributed by atoms with Gasteiger partial charge in [0.2, 0.25) is 11.8 Å². The predicted molar refractivity (Wildman–Crippen MR) is 64.7 cm³/mol. The molecule has 6 heteroatoms. The van der Waals surface area contributed by atoms with Gasteiger partial charge in [0.15, 0.2) is 0 Å². The highest BCUT2D eigenvalue weighted by molar-refractivity contribution is 8.77. The first kappa shape index (κ1) is 12.7. The Morgan fingerprint density at radius 2 is 1.47 bits per heavy atom. The molecule has 1 aliphatic rings. The third-order valence-electron chi connectivity index (χ3n) is 2.44. The van der Waals surface area contributed by atoms with E-state index in [4.69, 9.17) is 0 Å². The van der Waals surface area contributed by atoms with Crippen molar-refractivity contribution in [1.82, 2.24) is 10.6 Å². The Bertz CT molecular complexity index is 232. The molecule has 0 aromatic heterocycles. The van der Waals surface area contributed by atoms with E-state index in [2.05, 4.69) is 10.6 Å². The van der Waals surface area contributed by atoms with E-state index in [0.29, 0.717) is 12.8 Å². The molecule has 0 atom stereocenters. The number of carbonyl (C=O) groups is 2. The van der Waals surface area contributed by atoms with Crippen LogP contribution in [0.15, 0.2) is 0 Å². The van der Waals surface area contributed by atoms with E-state index in [0.717, 1.165) is 11.5 Å². The minimum Gasteiger partial charge on any atom is -0.359 e. The molecular formula is C9H16N2O2S2. The minimum atomic E-state index is -0.157. The zero-order valence-corrected chi connectivity index (χ0v) is 10.6. The molecule has 1 heterocycles. The lowest BCUT2D eigenvalue weighted by atomic mass is 9.84. The van der Waals surface area contributed by atoms with Crippen LogP contribution in [0.25, 0.3) is 0 Å². The molecule has 0 spiro atoms. The first-order chi connectivity index (χ1) is 7.12. The molecule has 15 heavy (non-hydrogen) atoms. The molecule has 0 unspecified atom stereocenters. The second kappa shape index (κ2) is 5.65. The van der Waals surface area contributed by atoms with E-state index in [1.807, 2.05) is 0 Å². The maximum Gasteiger partial charge on any atom is 0.220 e. The molecule has 4 nitrogen and oxygen atoms in total. The molecule has 0 radical (unpaired) electrons. The van der Waals surface area contributed by atoms with Crippen LogP contribution in [0.3, 0.4) is 0 Å². The van der Waals surface area contributed by atoms with E-state index in [-0.39, 0.29) is 17.2 Å². The van der Waals surface area contributed by atoms with Crippen LogP contribution in [-0.4, -0.2) is 37.4 Å². The molecule has 1 rings (SSSR count). The van der Waals surface area contributed by atoms with Crippen LogP contribution in [0.5, 0.6) is 0 Å². The van der Waals surface area contributed by atoms with Crippen LogP contribution < -0.4 is 10.6 Å². The van der Waals surface area contributed by atoms with Crippen molar-refractivity contribution in [2.24, 2.45) is 5.41 Å². The van der Waals surface area contributed by atoms with Crippen molar-refractivity contribution in [3.63, 3.8) is 0 Å². The Hall–Kier alpha value is -0.360. The highest BCUT2D eigenvalue weighted by atomic mass is 33.1. The van der Waals surface area contributed by atoms with Gasteiger partial charge in [-0.05, 0) is 0 Å². The molecule has 2 amide bonds. The normalized spacial score (nSPS) is 18.5. The van der Waals surface area contributed by atoms with Crippen LogP contribution in [-0.2, 0) is 9.59 Å². The van der Waals surface area contributed by atoms with Crippen molar-refractivity contribution >= 4 is 33.4 Å². The second-order valence-corrected chi connectivity index (χ2v) is 6.19. The largest absolute Gasteiger partial charge is 0.359 e. The van der Waals surface area contributed by atoms with Crippen molar-refractivity contribution in [2.75, 3.05) is 25.6 Å². The van der Waals surface area contributed by atoms with Crippen LogP contribution in [0.4, 0.5) is 0 Å². The Kier molecular flexibility index (Phi) is 4.79. The van der Waals surface area contributed by atoms with Gasteiger partial charge in [0.1, 0.15) is 0 Å². The van der Waals surface area contributed by atoms with Gasteiger partial charge in [-0.25, -0.2) is 0 Å². The first-order valence-corrected chi connectivity index (χ1v) is 7.26. The molecular weight excluding hydrogens is 232 g/mol. The summed E-state index contributed by atoms with van der Waals surface area (Å²) in [5, 5.41) is 5.24. The summed E-state index contributed by atoms with van der Waals surface area (Å²) in [5.74, 6) is 1.78. The fourth-order valence-electron chi connectivity index (χ4n) is 1.50. The molecule has 0 aromatic rings. The summed E-state index contributed by atoms with van der Waals surface area (Å²) in [4.78, 5) is 22.8. The summed E-state index contributed by atoms with van der Waals surface area (Å²) < 4.78 is 0. The van der Waals surface area contributed by atoms with Crippen molar-refractivity contribution in [3.05, 3.63) is 0 Å². The summed E-state index contributed by atoms with van der Waals surface area (Å²) in [6.07, 6.45) is 0.883. The Labute approximate surface area is 97.7 Å². The molecule has 86 valence electrons. The monoisotopic (exact) mass is 248 g/mol. The van der Waals surface area contributed by atoms with Gasteiger partial charge in [-0.2, -0.15) is 0 Å². The fraction of sp³-hybridized carbons (Fsp3) is 0.778. The third-order valence-corrected chi connectivity index (χ3v) is 5.28. The summed E-state index contributed by atoms with van der Waals surface area (Å²) in [7, 11) is 6.75.